The van der Waals surface area contributed by atoms with Gasteiger partial charge in [-0.3, -0.25) is 9.59 Å². The van der Waals surface area contributed by atoms with Crippen molar-refractivity contribution >= 4 is 22.5 Å². The van der Waals surface area contributed by atoms with E-state index in [4.69, 9.17) is 0 Å². The van der Waals surface area contributed by atoms with Gasteiger partial charge in [0.15, 0.2) is 5.78 Å². The van der Waals surface area contributed by atoms with Crippen molar-refractivity contribution in [1.82, 2.24) is 4.98 Å². The van der Waals surface area contributed by atoms with Gasteiger partial charge in [0.05, 0.1) is 6.07 Å². The SMILES string of the molecule is CC(=O)CC(C#N)(Cc1c[nH]c2ccccc12)C(C)=O. The lowest BCUT2D eigenvalue weighted by Crippen LogP contribution is -2.32. The minimum Gasteiger partial charge on any atom is -0.361 e. The normalized spacial score (nSPS) is 13.7. The van der Waals surface area contributed by atoms with Gasteiger partial charge in [-0.1, -0.05) is 18.2 Å². The van der Waals surface area contributed by atoms with Crippen LogP contribution >= 0.6 is 0 Å². The second kappa shape index (κ2) is 5.30. The molecule has 0 aliphatic heterocycles. The molecule has 1 N–H and O–H groups in total. The molecule has 0 saturated carbocycles. The number of fused-ring (bicyclic) bond motifs is 1. The Kier molecular flexibility index (Phi) is 3.71. The summed E-state index contributed by atoms with van der Waals surface area (Å²) in [5, 5.41) is 10.4. The molecule has 0 aliphatic rings. The summed E-state index contributed by atoms with van der Waals surface area (Å²) in [6.07, 6.45) is 2.01. The fourth-order valence-corrected chi connectivity index (χ4v) is 2.50. The number of Topliss-reactive ketones (excluding diaryl/α,β-unsaturated/α-hetero) is 2. The summed E-state index contributed by atoms with van der Waals surface area (Å²) in [7, 11) is 0. The van der Waals surface area contributed by atoms with E-state index >= 15 is 0 Å². The number of nitriles is 1. The largest absolute Gasteiger partial charge is 0.361 e. The van der Waals surface area contributed by atoms with Crippen molar-refractivity contribution in [3.63, 3.8) is 0 Å². The van der Waals surface area contributed by atoms with Crippen LogP contribution in [0.1, 0.15) is 25.8 Å². The van der Waals surface area contributed by atoms with E-state index < -0.39 is 5.41 Å². The van der Waals surface area contributed by atoms with Gasteiger partial charge in [-0.25, -0.2) is 0 Å². The minimum atomic E-state index is -1.27. The summed E-state index contributed by atoms with van der Waals surface area (Å²) >= 11 is 0. The van der Waals surface area contributed by atoms with Gasteiger partial charge in [0.2, 0.25) is 0 Å². The molecule has 2 aromatic rings. The van der Waals surface area contributed by atoms with Crippen LogP contribution in [0.5, 0.6) is 0 Å². The first-order chi connectivity index (χ1) is 9.48. The van der Waals surface area contributed by atoms with Crippen molar-refractivity contribution in [2.45, 2.75) is 26.7 Å². The lowest BCUT2D eigenvalue weighted by Gasteiger charge is -2.22. The second-order valence-corrected chi connectivity index (χ2v) is 5.17. The van der Waals surface area contributed by atoms with Gasteiger partial charge in [0, 0.05) is 29.9 Å². The predicted octanol–water partition coefficient (Wildman–Crippen LogP) is 2.79. The van der Waals surface area contributed by atoms with Gasteiger partial charge in [-0.15, -0.1) is 0 Å². The third-order valence-corrected chi connectivity index (χ3v) is 3.61. The van der Waals surface area contributed by atoms with E-state index in [9.17, 15) is 14.9 Å². The summed E-state index contributed by atoms with van der Waals surface area (Å²) in [6, 6.07) is 9.77. The molecule has 0 amide bonds. The molecule has 1 atom stereocenters. The van der Waals surface area contributed by atoms with E-state index in [0.717, 1.165) is 16.5 Å². The van der Waals surface area contributed by atoms with Crippen LogP contribution in [-0.2, 0) is 16.0 Å². The number of nitrogens with one attached hydrogen (secondary N) is 1. The molecule has 1 heterocycles. The Hall–Kier alpha value is -2.41. The van der Waals surface area contributed by atoms with E-state index in [0.29, 0.717) is 0 Å². The first-order valence-corrected chi connectivity index (χ1v) is 6.45. The molecule has 0 bridgehead atoms. The summed E-state index contributed by atoms with van der Waals surface area (Å²) < 4.78 is 0. The molecule has 1 aromatic heterocycles. The van der Waals surface area contributed by atoms with Crippen LogP contribution in [0.15, 0.2) is 30.5 Å². The number of nitrogens with zero attached hydrogens (tertiary/aromatic N) is 1. The number of para-hydroxylation sites is 1. The summed E-state index contributed by atoms with van der Waals surface area (Å²) in [4.78, 5) is 26.4. The zero-order valence-electron chi connectivity index (χ0n) is 11.6. The lowest BCUT2D eigenvalue weighted by atomic mass is 9.76. The van der Waals surface area contributed by atoms with Crippen molar-refractivity contribution in [3.8, 4) is 6.07 Å². The van der Waals surface area contributed by atoms with Crippen LogP contribution in [0.25, 0.3) is 10.9 Å². The molecule has 0 fully saturated rings. The van der Waals surface area contributed by atoms with Crippen LogP contribution in [0, 0.1) is 16.7 Å². The zero-order chi connectivity index (χ0) is 14.8. The molecule has 0 saturated heterocycles. The molecule has 1 aromatic carbocycles. The number of aromatic amines is 1. The number of ketones is 2. The molecule has 4 nitrogen and oxygen atoms in total. The van der Waals surface area contributed by atoms with Crippen LogP contribution in [0.3, 0.4) is 0 Å². The van der Waals surface area contributed by atoms with Crippen LogP contribution in [0.2, 0.25) is 0 Å². The predicted molar refractivity (Wildman–Crippen MR) is 76.0 cm³/mol. The highest BCUT2D eigenvalue weighted by Crippen LogP contribution is 2.31. The third-order valence-electron chi connectivity index (χ3n) is 3.61. The van der Waals surface area contributed by atoms with E-state index in [2.05, 4.69) is 11.1 Å². The topological polar surface area (TPSA) is 73.7 Å². The lowest BCUT2D eigenvalue weighted by molar-refractivity contribution is -0.128. The van der Waals surface area contributed by atoms with Gasteiger partial charge in [-0.2, -0.15) is 5.26 Å². The van der Waals surface area contributed by atoms with Crippen molar-refractivity contribution in [3.05, 3.63) is 36.0 Å². The van der Waals surface area contributed by atoms with Gasteiger partial charge >= 0.3 is 0 Å². The third kappa shape index (κ3) is 2.48. The second-order valence-electron chi connectivity index (χ2n) is 5.17. The highest BCUT2D eigenvalue weighted by molar-refractivity contribution is 5.92. The Balaban J connectivity index is 2.45. The Bertz CT molecular complexity index is 709. The Morgan fingerprint density at radius 3 is 2.60 bits per heavy atom. The summed E-state index contributed by atoms with van der Waals surface area (Å²) in [5.41, 5.74) is 0.580. The highest BCUT2D eigenvalue weighted by Gasteiger charge is 2.37. The molecule has 102 valence electrons. The van der Waals surface area contributed by atoms with Crippen molar-refractivity contribution in [2.75, 3.05) is 0 Å². The van der Waals surface area contributed by atoms with E-state index in [1.54, 1.807) is 6.20 Å². The average molecular weight is 268 g/mol. The van der Waals surface area contributed by atoms with Gasteiger partial charge in [0.1, 0.15) is 11.2 Å². The fraction of sp³-hybridized carbons (Fsp3) is 0.312. The summed E-state index contributed by atoms with van der Waals surface area (Å²) in [6.45, 7) is 2.78. The molecular weight excluding hydrogens is 252 g/mol. The standard InChI is InChI=1S/C16H16N2O2/c1-11(19)7-16(10-17,12(2)20)8-13-9-18-15-6-4-3-5-14(13)15/h3-6,9,18H,7-8H2,1-2H3. The van der Waals surface area contributed by atoms with E-state index in [1.165, 1.54) is 13.8 Å². The molecule has 0 aliphatic carbocycles. The monoisotopic (exact) mass is 268 g/mol. The van der Waals surface area contributed by atoms with Crippen LogP contribution in [0.4, 0.5) is 0 Å². The number of rotatable bonds is 5. The molecule has 0 spiro atoms. The van der Waals surface area contributed by atoms with Gasteiger partial charge in [-0.05, 0) is 25.5 Å². The number of aromatic nitrogens is 1. The van der Waals surface area contributed by atoms with Crippen molar-refractivity contribution in [2.24, 2.45) is 5.41 Å². The number of benzene rings is 1. The van der Waals surface area contributed by atoms with Crippen molar-refractivity contribution in [1.29, 1.82) is 5.26 Å². The highest BCUT2D eigenvalue weighted by atomic mass is 16.1. The number of carbonyl (C=O) groups excluding carboxylic acids is 2. The smallest absolute Gasteiger partial charge is 0.150 e. The summed E-state index contributed by atoms with van der Waals surface area (Å²) in [5.74, 6) is -0.415. The fourth-order valence-electron chi connectivity index (χ4n) is 2.50. The average Bonchev–Trinajstić information content (AvgIpc) is 2.80. The Morgan fingerprint density at radius 2 is 2.00 bits per heavy atom. The molecular formula is C16H16N2O2. The maximum atomic E-state index is 11.9. The van der Waals surface area contributed by atoms with Gasteiger partial charge < -0.3 is 4.98 Å². The van der Waals surface area contributed by atoms with E-state index in [-0.39, 0.29) is 24.4 Å². The first kappa shape index (κ1) is 14.0. The Labute approximate surface area is 117 Å². The van der Waals surface area contributed by atoms with Crippen LogP contribution in [-0.4, -0.2) is 16.6 Å². The molecule has 0 radical (unpaired) electrons. The van der Waals surface area contributed by atoms with Crippen LogP contribution < -0.4 is 0 Å². The number of carbonyl (C=O) groups is 2. The minimum absolute atomic E-state index is 0.0433. The zero-order valence-corrected chi connectivity index (χ0v) is 11.6. The molecule has 2 rings (SSSR count). The Morgan fingerprint density at radius 1 is 1.30 bits per heavy atom. The molecule has 20 heavy (non-hydrogen) atoms. The number of hydrogen-bond donors (Lipinski definition) is 1. The molecule has 1 unspecified atom stereocenters. The maximum absolute atomic E-state index is 11.9. The van der Waals surface area contributed by atoms with Gasteiger partial charge in [0.25, 0.3) is 0 Å². The van der Waals surface area contributed by atoms with E-state index in [1.807, 2.05) is 24.3 Å². The molecule has 4 heteroatoms. The van der Waals surface area contributed by atoms with Crippen molar-refractivity contribution < 1.29 is 9.59 Å². The quantitative estimate of drug-likeness (QED) is 0.906. The number of hydrogen-bond acceptors (Lipinski definition) is 3. The maximum Gasteiger partial charge on any atom is 0.150 e. The number of H-pyrrole nitrogens is 1. The first-order valence-electron chi connectivity index (χ1n) is 6.45.